The molecule has 0 aliphatic heterocycles. The van der Waals surface area contributed by atoms with Gasteiger partial charge in [0.1, 0.15) is 0 Å². The first-order chi connectivity index (χ1) is 6.07. The minimum absolute atomic E-state index is 0.279. The average molecular weight is 190 g/mol. The lowest BCUT2D eigenvalue weighted by Gasteiger charge is -2.05. The molecule has 0 unspecified atom stereocenters. The van der Waals surface area contributed by atoms with Crippen LogP contribution in [0.5, 0.6) is 0 Å². The first-order valence-electron chi connectivity index (χ1n) is 4.14. The molecule has 13 heavy (non-hydrogen) atoms. The Morgan fingerprint density at radius 2 is 2.08 bits per heavy atom. The van der Waals surface area contributed by atoms with Crippen LogP contribution in [0.25, 0.3) is 0 Å². The van der Waals surface area contributed by atoms with Crippen LogP contribution in [0.1, 0.15) is 26.2 Å². The zero-order valence-corrected chi connectivity index (χ0v) is 7.52. The highest BCUT2D eigenvalue weighted by atomic mass is 16.5. The molecular formula is C8H14O5. The van der Waals surface area contributed by atoms with Crippen molar-refractivity contribution in [3.05, 3.63) is 0 Å². The maximum Gasteiger partial charge on any atom is 0.333 e. The number of aliphatic hydroxyl groups excluding tert-OH is 1. The Labute approximate surface area is 76.3 Å². The van der Waals surface area contributed by atoms with E-state index in [1.165, 1.54) is 0 Å². The van der Waals surface area contributed by atoms with Crippen molar-refractivity contribution in [2.45, 2.75) is 32.3 Å². The second-order valence-electron chi connectivity index (χ2n) is 2.63. The Hall–Kier alpha value is -1.10. The molecule has 0 aromatic rings. The number of esters is 1. The lowest BCUT2D eigenvalue weighted by molar-refractivity contribution is -0.155. The number of ether oxygens (including phenoxy) is 1. The van der Waals surface area contributed by atoms with Crippen LogP contribution >= 0.6 is 0 Å². The van der Waals surface area contributed by atoms with Crippen molar-refractivity contribution in [1.29, 1.82) is 0 Å². The van der Waals surface area contributed by atoms with Crippen LogP contribution in [0, 0.1) is 0 Å². The van der Waals surface area contributed by atoms with Gasteiger partial charge in [-0.05, 0) is 6.42 Å². The van der Waals surface area contributed by atoms with Gasteiger partial charge in [-0.25, -0.2) is 4.79 Å². The highest BCUT2D eigenvalue weighted by molar-refractivity contribution is 5.80. The van der Waals surface area contributed by atoms with Gasteiger partial charge in [0.2, 0.25) is 0 Å². The van der Waals surface area contributed by atoms with E-state index in [0.29, 0.717) is 0 Å². The van der Waals surface area contributed by atoms with Crippen molar-refractivity contribution in [3.8, 4) is 0 Å². The number of aliphatic carboxylic acids is 1. The number of aliphatic hydroxyl groups is 1. The van der Waals surface area contributed by atoms with E-state index in [-0.39, 0.29) is 6.61 Å². The van der Waals surface area contributed by atoms with Crippen molar-refractivity contribution in [3.63, 3.8) is 0 Å². The number of carbonyl (C=O) groups excluding carboxylic acids is 1. The summed E-state index contributed by atoms with van der Waals surface area (Å²) in [6.07, 6.45) is -0.503. The molecule has 0 saturated heterocycles. The summed E-state index contributed by atoms with van der Waals surface area (Å²) in [6, 6.07) is 0. The first kappa shape index (κ1) is 11.9. The fraction of sp³-hybridized carbons (Fsp3) is 0.750. The van der Waals surface area contributed by atoms with Gasteiger partial charge in [0.15, 0.2) is 6.10 Å². The largest absolute Gasteiger partial charge is 0.479 e. The summed E-state index contributed by atoms with van der Waals surface area (Å²) in [7, 11) is 0. The highest BCUT2D eigenvalue weighted by Gasteiger charge is 2.18. The molecule has 0 saturated carbocycles. The predicted octanol–water partition coefficient (Wildman–Crippen LogP) is 0.165. The summed E-state index contributed by atoms with van der Waals surface area (Å²) in [5, 5.41) is 17.0. The molecule has 5 nitrogen and oxygen atoms in total. The Morgan fingerprint density at radius 1 is 1.46 bits per heavy atom. The minimum atomic E-state index is -1.66. The van der Waals surface area contributed by atoms with Gasteiger partial charge >= 0.3 is 11.9 Å². The number of unbranched alkanes of at least 4 members (excludes halogenated alkanes) is 1. The third-order valence-electron chi connectivity index (χ3n) is 1.41. The van der Waals surface area contributed by atoms with E-state index in [1.54, 1.807) is 0 Å². The molecule has 0 spiro atoms. The number of carboxylic acids is 1. The van der Waals surface area contributed by atoms with Gasteiger partial charge in [-0.15, -0.1) is 0 Å². The van der Waals surface area contributed by atoms with Crippen LogP contribution in [-0.2, 0) is 14.3 Å². The number of rotatable bonds is 6. The number of carbonyl (C=O) groups is 2. The lowest BCUT2D eigenvalue weighted by atomic mass is 10.2. The zero-order valence-electron chi connectivity index (χ0n) is 7.52. The average Bonchev–Trinajstić information content (AvgIpc) is 2.04. The second-order valence-corrected chi connectivity index (χ2v) is 2.63. The third kappa shape index (κ3) is 6.10. The van der Waals surface area contributed by atoms with Crippen LogP contribution in [0.4, 0.5) is 0 Å². The monoisotopic (exact) mass is 190 g/mol. The zero-order chi connectivity index (χ0) is 10.3. The molecule has 0 radical (unpaired) electrons. The number of carboxylic acid groups (broad SMARTS) is 1. The van der Waals surface area contributed by atoms with Crippen molar-refractivity contribution in [2.24, 2.45) is 0 Å². The number of hydrogen-bond acceptors (Lipinski definition) is 4. The van der Waals surface area contributed by atoms with Gasteiger partial charge in [0.05, 0.1) is 13.0 Å². The molecule has 1 atom stereocenters. The van der Waals surface area contributed by atoms with E-state index >= 15 is 0 Å². The SMILES string of the molecule is CCCCOC(=O)C[C@H](O)C(=O)O. The smallest absolute Gasteiger partial charge is 0.333 e. The number of hydrogen-bond donors (Lipinski definition) is 2. The fourth-order valence-electron chi connectivity index (χ4n) is 0.634. The molecule has 0 aromatic carbocycles. The molecule has 5 heteroatoms. The van der Waals surface area contributed by atoms with Crippen molar-refractivity contribution < 1.29 is 24.5 Å². The fourth-order valence-corrected chi connectivity index (χ4v) is 0.634. The quantitative estimate of drug-likeness (QED) is 0.460. The Bertz CT molecular complexity index is 177. The van der Waals surface area contributed by atoms with Crippen LogP contribution in [0.15, 0.2) is 0 Å². The maximum absolute atomic E-state index is 10.8. The molecule has 0 aromatic heterocycles. The van der Waals surface area contributed by atoms with Crippen LogP contribution in [0.2, 0.25) is 0 Å². The van der Waals surface area contributed by atoms with Crippen LogP contribution < -0.4 is 0 Å². The second kappa shape index (κ2) is 6.42. The lowest BCUT2D eigenvalue weighted by Crippen LogP contribution is -2.24. The minimum Gasteiger partial charge on any atom is -0.479 e. The molecule has 0 amide bonds. The van der Waals surface area contributed by atoms with Crippen molar-refractivity contribution in [2.75, 3.05) is 6.61 Å². The molecule has 2 N–H and O–H groups in total. The summed E-state index contributed by atoms with van der Waals surface area (Å²) in [5.74, 6) is -2.09. The summed E-state index contributed by atoms with van der Waals surface area (Å²) < 4.78 is 4.64. The summed E-state index contributed by atoms with van der Waals surface area (Å²) in [6.45, 7) is 2.22. The molecule has 0 aliphatic rings. The molecular weight excluding hydrogens is 176 g/mol. The molecule has 0 bridgehead atoms. The van der Waals surface area contributed by atoms with Crippen LogP contribution in [0.3, 0.4) is 0 Å². The molecule has 0 rings (SSSR count). The van der Waals surface area contributed by atoms with Crippen molar-refractivity contribution in [1.82, 2.24) is 0 Å². The Morgan fingerprint density at radius 3 is 2.54 bits per heavy atom. The predicted molar refractivity (Wildman–Crippen MR) is 44.1 cm³/mol. The van der Waals surface area contributed by atoms with Crippen LogP contribution in [-0.4, -0.2) is 34.9 Å². The van der Waals surface area contributed by atoms with E-state index in [2.05, 4.69) is 4.74 Å². The summed E-state index contributed by atoms with van der Waals surface area (Å²) in [4.78, 5) is 20.9. The first-order valence-corrected chi connectivity index (χ1v) is 4.14. The van der Waals surface area contributed by atoms with Gasteiger partial charge < -0.3 is 14.9 Å². The standard InChI is InChI=1S/C8H14O5/c1-2-3-4-13-7(10)5-6(9)8(11)12/h6,9H,2-5H2,1H3,(H,11,12)/t6-/m0/s1. The van der Waals surface area contributed by atoms with E-state index in [4.69, 9.17) is 10.2 Å². The van der Waals surface area contributed by atoms with Gasteiger partial charge in [-0.2, -0.15) is 0 Å². The third-order valence-corrected chi connectivity index (χ3v) is 1.41. The van der Waals surface area contributed by atoms with E-state index in [1.807, 2.05) is 6.92 Å². The topological polar surface area (TPSA) is 83.8 Å². The van der Waals surface area contributed by atoms with Gasteiger partial charge in [0.25, 0.3) is 0 Å². The Kier molecular flexibility index (Phi) is 5.88. The highest BCUT2D eigenvalue weighted by Crippen LogP contribution is 1.96. The summed E-state index contributed by atoms with van der Waals surface area (Å²) >= 11 is 0. The molecule has 0 heterocycles. The summed E-state index contributed by atoms with van der Waals surface area (Å²) in [5.41, 5.74) is 0. The molecule has 76 valence electrons. The van der Waals surface area contributed by atoms with E-state index in [9.17, 15) is 9.59 Å². The van der Waals surface area contributed by atoms with E-state index < -0.39 is 24.5 Å². The molecule has 0 aliphatic carbocycles. The maximum atomic E-state index is 10.8. The van der Waals surface area contributed by atoms with Gasteiger partial charge in [-0.3, -0.25) is 4.79 Å². The van der Waals surface area contributed by atoms with Crippen molar-refractivity contribution >= 4 is 11.9 Å². The van der Waals surface area contributed by atoms with Gasteiger partial charge in [0, 0.05) is 0 Å². The van der Waals surface area contributed by atoms with Gasteiger partial charge in [-0.1, -0.05) is 13.3 Å². The molecule has 0 fully saturated rings. The normalized spacial score (nSPS) is 12.2. The Balaban J connectivity index is 3.56. The van der Waals surface area contributed by atoms with E-state index in [0.717, 1.165) is 12.8 Å².